The summed E-state index contributed by atoms with van der Waals surface area (Å²) >= 11 is 1.68. The van der Waals surface area contributed by atoms with Gasteiger partial charge in [0.2, 0.25) is 0 Å². The van der Waals surface area contributed by atoms with E-state index in [2.05, 4.69) is 16.3 Å². The van der Waals surface area contributed by atoms with E-state index in [1.54, 1.807) is 11.3 Å². The van der Waals surface area contributed by atoms with E-state index in [0.717, 1.165) is 23.5 Å². The number of thiazole rings is 1. The molecule has 4 heteroatoms. The van der Waals surface area contributed by atoms with Crippen molar-refractivity contribution in [1.29, 1.82) is 0 Å². The minimum Gasteiger partial charge on any atom is -0.271 e. The van der Waals surface area contributed by atoms with E-state index in [0.29, 0.717) is 0 Å². The molecule has 0 radical (unpaired) electrons. The van der Waals surface area contributed by atoms with Gasteiger partial charge in [0.25, 0.3) is 0 Å². The summed E-state index contributed by atoms with van der Waals surface area (Å²) in [7, 11) is 0. The van der Waals surface area contributed by atoms with Gasteiger partial charge in [-0.05, 0) is 20.3 Å². The van der Waals surface area contributed by atoms with Gasteiger partial charge >= 0.3 is 0 Å². The molecule has 76 valence electrons. The van der Waals surface area contributed by atoms with E-state index in [1.807, 2.05) is 13.8 Å². The Balaban J connectivity index is 2.79. The van der Waals surface area contributed by atoms with Crippen LogP contribution in [0.15, 0.2) is 0 Å². The molecule has 0 aliphatic carbocycles. The lowest BCUT2D eigenvalue weighted by molar-refractivity contribution is 0.529. The van der Waals surface area contributed by atoms with Gasteiger partial charge < -0.3 is 0 Å². The van der Waals surface area contributed by atoms with Crippen molar-refractivity contribution in [3.05, 3.63) is 15.6 Å². The van der Waals surface area contributed by atoms with Crippen LogP contribution in [0.3, 0.4) is 0 Å². The van der Waals surface area contributed by atoms with E-state index in [1.165, 1.54) is 4.88 Å². The van der Waals surface area contributed by atoms with Crippen molar-refractivity contribution in [3.63, 3.8) is 0 Å². The van der Waals surface area contributed by atoms with Gasteiger partial charge in [0.15, 0.2) is 0 Å². The number of hydrazine groups is 1. The van der Waals surface area contributed by atoms with E-state index in [-0.39, 0.29) is 6.04 Å². The average Bonchev–Trinajstić information content (AvgIpc) is 2.47. The van der Waals surface area contributed by atoms with Crippen molar-refractivity contribution in [2.24, 2.45) is 5.84 Å². The maximum absolute atomic E-state index is 5.48. The van der Waals surface area contributed by atoms with Crippen LogP contribution in [0.25, 0.3) is 0 Å². The number of nitrogens with one attached hydrogen (secondary N) is 1. The average molecular weight is 209 g/mol. The van der Waals surface area contributed by atoms with Crippen LogP contribution in [0, 0.1) is 26.2 Å². The fourth-order valence-corrected chi connectivity index (χ4v) is 2.41. The Morgan fingerprint density at radius 2 is 2.36 bits per heavy atom. The fraction of sp³-hybridized carbons (Fsp3) is 0.500. The number of hydrogen-bond donors (Lipinski definition) is 2. The molecule has 1 rings (SSSR count). The topological polar surface area (TPSA) is 50.9 Å². The van der Waals surface area contributed by atoms with Gasteiger partial charge in [-0.1, -0.05) is 0 Å². The zero-order valence-corrected chi connectivity index (χ0v) is 9.32. The molecule has 0 saturated heterocycles. The van der Waals surface area contributed by atoms with Crippen LogP contribution in [-0.2, 0) is 0 Å². The zero-order valence-electron chi connectivity index (χ0n) is 8.50. The quantitative estimate of drug-likeness (QED) is 0.450. The Hall–Kier alpha value is -0.890. The van der Waals surface area contributed by atoms with Gasteiger partial charge in [0, 0.05) is 11.3 Å². The van der Waals surface area contributed by atoms with Crippen molar-refractivity contribution in [2.75, 3.05) is 0 Å². The molecule has 0 bridgehead atoms. The summed E-state index contributed by atoms with van der Waals surface area (Å²) in [6, 6.07) is 0.136. The Kier molecular flexibility index (Phi) is 4.08. The predicted octanol–water partition coefficient (Wildman–Crippen LogP) is 1.68. The highest BCUT2D eigenvalue weighted by Crippen LogP contribution is 2.26. The Morgan fingerprint density at radius 3 is 2.79 bits per heavy atom. The van der Waals surface area contributed by atoms with Crippen molar-refractivity contribution < 1.29 is 0 Å². The molecule has 0 saturated carbocycles. The standard InChI is InChI=1S/C10H15N3S/c1-4-5-6-9(13-11)10-7(2)12-8(3)14-10/h1,9,13H,5-6,11H2,2-3H3. The van der Waals surface area contributed by atoms with Crippen LogP contribution in [0.4, 0.5) is 0 Å². The highest BCUT2D eigenvalue weighted by atomic mass is 32.1. The number of terminal acetylenes is 1. The first-order chi connectivity index (χ1) is 6.69. The van der Waals surface area contributed by atoms with E-state index < -0.39 is 0 Å². The third-order valence-electron chi connectivity index (χ3n) is 2.03. The summed E-state index contributed by atoms with van der Waals surface area (Å²) in [5.74, 6) is 8.10. The van der Waals surface area contributed by atoms with Crippen molar-refractivity contribution >= 4 is 11.3 Å². The normalized spacial score (nSPS) is 12.4. The second-order valence-electron chi connectivity index (χ2n) is 3.14. The molecule has 0 aliphatic rings. The third kappa shape index (κ3) is 2.55. The molecule has 14 heavy (non-hydrogen) atoms. The number of hydrogen-bond acceptors (Lipinski definition) is 4. The van der Waals surface area contributed by atoms with Crippen LogP contribution >= 0.6 is 11.3 Å². The second kappa shape index (κ2) is 5.11. The fourth-order valence-electron chi connectivity index (χ4n) is 1.39. The summed E-state index contributed by atoms with van der Waals surface area (Å²) in [4.78, 5) is 5.55. The molecular formula is C10H15N3S. The van der Waals surface area contributed by atoms with Crippen molar-refractivity contribution in [2.45, 2.75) is 32.7 Å². The smallest absolute Gasteiger partial charge is 0.0900 e. The van der Waals surface area contributed by atoms with Gasteiger partial charge in [-0.2, -0.15) is 0 Å². The van der Waals surface area contributed by atoms with Crippen molar-refractivity contribution in [1.82, 2.24) is 10.4 Å². The lowest BCUT2D eigenvalue weighted by atomic mass is 10.1. The molecular weight excluding hydrogens is 194 g/mol. The van der Waals surface area contributed by atoms with Gasteiger partial charge in [-0.15, -0.1) is 23.7 Å². The van der Waals surface area contributed by atoms with Crippen LogP contribution in [0.1, 0.15) is 34.5 Å². The summed E-state index contributed by atoms with van der Waals surface area (Å²) in [6.07, 6.45) is 6.81. The number of aryl methyl sites for hydroxylation is 2. The molecule has 1 atom stereocenters. The largest absolute Gasteiger partial charge is 0.271 e. The summed E-state index contributed by atoms with van der Waals surface area (Å²) in [5.41, 5.74) is 3.83. The van der Waals surface area contributed by atoms with Crippen molar-refractivity contribution in [3.8, 4) is 12.3 Å². The molecule has 3 nitrogen and oxygen atoms in total. The minimum absolute atomic E-state index is 0.136. The number of nitrogens with two attached hydrogens (primary N) is 1. The maximum Gasteiger partial charge on any atom is 0.0900 e. The Bertz CT molecular complexity index is 338. The molecule has 3 N–H and O–H groups in total. The van der Waals surface area contributed by atoms with Gasteiger partial charge in [-0.25, -0.2) is 4.98 Å². The SMILES string of the molecule is C#CCCC(NN)c1sc(C)nc1C. The zero-order chi connectivity index (χ0) is 10.6. The van der Waals surface area contributed by atoms with Gasteiger partial charge in [0.05, 0.1) is 16.7 Å². The highest BCUT2D eigenvalue weighted by molar-refractivity contribution is 7.11. The Labute approximate surface area is 88.7 Å². The van der Waals surface area contributed by atoms with Crippen LogP contribution in [-0.4, -0.2) is 4.98 Å². The van der Waals surface area contributed by atoms with Gasteiger partial charge in [-0.3, -0.25) is 11.3 Å². The molecule has 0 aliphatic heterocycles. The number of nitrogens with zero attached hydrogens (tertiary/aromatic N) is 1. The summed E-state index contributed by atoms with van der Waals surface area (Å²) in [6.45, 7) is 4.00. The van der Waals surface area contributed by atoms with Crippen LogP contribution in [0.5, 0.6) is 0 Å². The minimum atomic E-state index is 0.136. The lowest BCUT2D eigenvalue weighted by Gasteiger charge is -2.12. The molecule has 0 spiro atoms. The summed E-state index contributed by atoms with van der Waals surface area (Å²) in [5, 5.41) is 1.07. The summed E-state index contributed by atoms with van der Waals surface area (Å²) < 4.78 is 0. The second-order valence-corrected chi connectivity index (χ2v) is 4.38. The molecule has 1 aromatic heterocycles. The monoisotopic (exact) mass is 209 g/mol. The van der Waals surface area contributed by atoms with E-state index in [9.17, 15) is 0 Å². The van der Waals surface area contributed by atoms with E-state index in [4.69, 9.17) is 12.3 Å². The van der Waals surface area contributed by atoms with Gasteiger partial charge in [0.1, 0.15) is 0 Å². The Morgan fingerprint density at radius 1 is 1.64 bits per heavy atom. The lowest BCUT2D eigenvalue weighted by Crippen LogP contribution is -2.27. The first-order valence-electron chi connectivity index (χ1n) is 4.52. The molecule has 0 fully saturated rings. The number of aromatic nitrogens is 1. The van der Waals surface area contributed by atoms with Crippen LogP contribution in [0.2, 0.25) is 0 Å². The van der Waals surface area contributed by atoms with Crippen LogP contribution < -0.4 is 11.3 Å². The predicted molar refractivity (Wildman–Crippen MR) is 59.7 cm³/mol. The van der Waals surface area contributed by atoms with E-state index >= 15 is 0 Å². The number of rotatable bonds is 4. The highest BCUT2D eigenvalue weighted by Gasteiger charge is 2.15. The first kappa shape index (κ1) is 11.2. The molecule has 0 aromatic carbocycles. The molecule has 1 heterocycles. The maximum atomic E-state index is 5.48. The molecule has 1 unspecified atom stereocenters. The third-order valence-corrected chi connectivity index (χ3v) is 3.22. The first-order valence-corrected chi connectivity index (χ1v) is 5.34. The molecule has 0 amide bonds. The molecule has 1 aromatic rings.